The molecule has 0 aliphatic rings. The Hall–Kier alpha value is -2.71. The lowest BCUT2D eigenvalue weighted by Crippen LogP contribution is -2.32. The molecule has 0 saturated heterocycles. The monoisotopic (exact) mass is 418 g/mol. The molecule has 2 aromatic carbocycles. The lowest BCUT2D eigenvalue weighted by molar-refractivity contribution is -0.146. The number of amides is 1. The van der Waals surface area contributed by atoms with Crippen molar-refractivity contribution in [3.8, 4) is 0 Å². The normalized spacial score (nSPS) is 11.3. The molecule has 8 heteroatoms. The van der Waals surface area contributed by atoms with Crippen LogP contribution in [-0.4, -0.2) is 33.4 Å². The molecule has 0 fully saturated rings. The smallest absolute Gasteiger partial charge is 0.321 e. The number of benzene rings is 2. The van der Waals surface area contributed by atoms with Crippen LogP contribution in [0.25, 0.3) is 0 Å². The first kappa shape index (κ1) is 22.6. The zero-order valence-corrected chi connectivity index (χ0v) is 17.8. The van der Waals surface area contributed by atoms with Crippen LogP contribution in [0.1, 0.15) is 36.5 Å². The first-order chi connectivity index (χ1) is 13.6. The number of aryl methyl sites for hydroxylation is 2. The minimum Gasteiger partial charge on any atom is -0.455 e. The van der Waals surface area contributed by atoms with Gasteiger partial charge in [0.25, 0.3) is 5.91 Å². The van der Waals surface area contributed by atoms with Gasteiger partial charge in [-0.25, -0.2) is 8.42 Å². The number of rotatable bonds is 8. The molecule has 0 radical (unpaired) electrons. The topological polar surface area (TPSA) is 102 Å². The van der Waals surface area contributed by atoms with Crippen LogP contribution in [0.15, 0.2) is 47.4 Å². The van der Waals surface area contributed by atoms with Gasteiger partial charge in [0.2, 0.25) is 10.0 Å². The van der Waals surface area contributed by atoms with Gasteiger partial charge in [-0.05, 0) is 43.0 Å². The van der Waals surface area contributed by atoms with Gasteiger partial charge in [0.15, 0.2) is 6.61 Å². The summed E-state index contributed by atoms with van der Waals surface area (Å²) in [6.45, 7) is 6.69. The van der Waals surface area contributed by atoms with Gasteiger partial charge in [0, 0.05) is 5.69 Å². The molecule has 0 heterocycles. The summed E-state index contributed by atoms with van der Waals surface area (Å²) in [6.07, 6.45) is 0. The number of carbonyl (C=O) groups is 2. The SMILES string of the molecule is Cc1ccc(S(=O)(=O)NCC(=O)OCC(=O)Nc2c(C)cccc2C(C)C)cc1. The Kier molecular flexibility index (Phi) is 7.53. The summed E-state index contributed by atoms with van der Waals surface area (Å²) in [7, 11) is -3.83. The fourth-order valence-corrected chi connectivity index (χ4v) is 3.64. The number of sulfonamides is 1. The van der Waals surface area contributed by atoms with Gasteiger partial charge in [0.1, 0.15) is 6.54 Å². The first-order valence-electron chi connectivity index (χ1n) is 9.21. The van der Waals surface area contributed by atoms with Crippen molar-refractivity contribution >= 4 is 27.6 Å². The van der Waals surface area contributed by atoms with E-state index in [1.165, 1.54) is 12.1 Å². The summed E-state index contributed by atoms with van der Waals surface area (Å²) in [5.41, 5.74) is 3.50. The number of hydrogen-bond acceptors (Lipinski definition) is 5. The molecule has 0 atom stereocenters. The molecular formula is C21H26N2O5S. The van der Waals surface area contributed by atoms with E-state index in [1.807, 2.05) is 45.9 Å². The molecule has 0 saturated carbocycles. The van der Waals surface area contributed by atoms with Crippen LogP contribution in [-0.2, 0) is 24.3 Å². The van der Waals surface area contributed by atoms with E-state index in [-0.39, 0.29) is 10.8 Å². The molecule has 0 spiro atoms. The zero-order valence-electron chi connectivity index (χ0n) is 17.0. The van der Waals surface area contributed by atoms with E-state index in [2.05, 4.69) is 10.0 Å². The molecule has 156 valence electrons. The summed E-state index contributed by atoms with van der Waals surface area (Å²) in [4.78, 5) is 24.1. The second-order valence-electron chi connectivity index (χ2n) is 7.04. The van der Waals surface area contributed by atoms with Crippen LogP contribution in [0.3, 0.4) is 0 Å². The highest BCUT2D eigenvalue weighted by atomic mass is 32.2. The molecule has 0 unspecified atom stereocenters. The van der Waals surface area contributed by atoms with Crippen molar-refractivity contribution in [1.82, 2.24) is 4.72 Å². The van der Waals surface area contributed by atoms with Gasteiger partial charge >= 0.3 is 5.97 Å². The summed E-state index contributed by atoms with van der Waals surface area (Å²) >= 11 is 0. The molecule has 0 bridgehead atoms. The number of ether oxygens (including phenoxy) is 1. The van der Waals surface area contributed by atoms with Crippen LogP contribution in [0.2, 0.25) is 0 Å². The van der Waals surface area contributed by atoms with Crippen LogP contribution < -0.4 is 10.0 Å². The maximum atomic E-state index is 12.2. The van der Waals surface area contributed by atoms with Crippen molar-refractivity contribution in [3.05, 3.63) is 59.2 Å². The molecule has 29 heavy (non-hydrogen) atoms. The molecule has 2 aromatic rings. The first-order valence-corrected chi connectivity index (χ1v) is 10.7. The number of anilines is 1. The average molecular weight is 419 g/mol. The van der Waals surface area contributed by atoms with Crippen molar-refractivity contribution in [2.75, 3.05) is 18.5 Å². The molecule has 0 aliphatic heterocycles. The molecule has 0 aliphatic carbocycles. The molecule has 7 nitrogen and oxygen atoms in total. The Morgan fingerprint density at radius 3 is 2.31 bits per heavy atom. The number of esters is 1. The number of para-hydroxylation sites is 1. The Balaban J connectivity index is 1.88. The Morgan fingerprint density at radius 2 is 1.69 bits per heavy atom. The second kappa shape index (κ2) is 9.67. The van der Waals surface area contributed by atoms with Gasteiger partial charge < -0.3 is 10.1 Å². The summed E-state index contributed by atoms with van der Waals surface area (Å²) in [5.74, 6) is -1.12. The van der Waals surface area contributed by atoms with Crippen LogP contribution in [0, 0.1) is 13.8 Å². The van der Waals surface area contributed by atoms with Crippen molar-refractivity contribution < 1.29 is 22.7 Å². The molecule has 1 amide bonds. The highest BCUT2D eigenvalue weighted by molar-refractivity contribution is 7.89. The third kappa shape index (κ3) is 6.40. The lowest BCUT2D eigenvalue weighted by atomic mass is 9.98. The van der Waals surface area contributed by atoms with Crippen molar-refractivity contribution in [3.63, 3.8) is 0 Å². The van der Waals surface area contributed by atoms with Gasteiger partial charge in [0.05, 0.1) is 4.90 Å². The number of nitrogens with one attached hydrogen (secondary N) is 2. The molecular weight excluding hydrogens is 392 g/mol. The maximum absolute atomic E-state index is 12.2. The minimum absolute atomic E-state index is 0.0504. The van der Waals surface area contributed by atoms with Crippen LogP contribution in [0.4, 0.5) is 5.69 Å². The summed E-state index contributed by atoms with van der Waals surface area (Å²) in [5, 5.41) is 2.76. The van der Waals surface area contributed by atoms with Crippen molar-refractivity contribution in [2.45, 2.75) is 38.5 Å². The van der Waals surface area contributed by atoms with Gasteiger partial charge in [-0.1, -0.05) is 49.7 Å². The third-order valence-electron chi connectivity index (χ3n) is 4.29. The van der Waals surface area contributed by atoms with E-state index in [9.17, 15) is 18.0 Å². The van der Waals surface area contributed by atoms with Crippen molar-refractivity contribution in [1.29, 1.82) is 0 Å². The molecule has 0 aromatic heterocycles. The molecule has 2 N–H and O–H groups in total. The standard InChI is InChI=1S/C21H26N2O5S/c1-14(2)18-7-5-6-16(4)21(18)23-19(24)13-28-20(25)12-22-29(26,27)17-10-8-15(3)9-11-17/h5-11,14,22H,12-13H2,1-4H3,(H,23,24). The van der Waals surface area contributed by atoms with E-state index in [0.29, 0.717) is 5.69 Å². The third-order valence-corrected chi connectivity index (χ3v) is 5.71. The number of hydrogen-bond donors (Lipinski definition) is 2. The number of carbonyl (C=O) groups excluding carboxylic acids is 2. The highest BCUT2D eigenvalue weighted by Crippen LogP contribution is 2.27. The van der Waals surface area contributed by atoms with E-state index < -0.39 is 35.1 Å². The van der Waals surface area contributed by atoms with Gasteiger partial charge in [-0.3, -0.25) is 9.59 Å². The second-order valence-corrected chi connectivity index (χ2v) is 8.81. The van der Waals surface area contributed by atoms with Crippen LogP contribution in [0.5, 0.6) is 0 Å². The van der Waals surface area contributed by atoms with E-state index >= 15 is 0 Å². The van der Waals surface area contributed by atoms with E-state index in [4.69, 9.17) is 4.74 Å². The van der Waals surface area contributed by atoms with Gasteiger partial charge in [-0.2, -0.15) is 4.72 Å². The average Bonchev–Trinajstić information content (AvgIpc) is 2.66. The quantitative estimate of drug-likeness (QED) is 0.642. The predicted molar refractivity (Wildman–Crippen MR) is 111 cm³/mol. The largest absolute Gasteiger partial charge is 0.455 e. The fraction of sp³-hybridized carbons (Fsp3) is 0.333. The Morgan fingerprint density at radius 1 is 1.03 bits per heavy atom. The van der Waals surface area contributed by atoms with Crippen molar-refractivity contribution in [2.24, 2.45) is 0 Å². The van der Waals surface area contributed by atoms with Crippen LogP contribution >= 0.6 is 0 Å². The lowest BCUT2D eigenvalue weighted by Gasteiger charge is -2.16. The highest BCUT2D eigenvalue weighted by Gasteiger charge is 2.17. The van der Waals surface area contributed by atoms with Gasteiger partial charge in [-0.15, -0.1) is 0 Å². The predicted octanol–water partition coefficient (Wildman–Crippen LogP) is 2.89. The molecule has 2 rings (SSSR count). The van der Waals surface area contributed by atoms with E-state index in [1.54, 1.807) is 12.1 Å². The maximum Gasteiger partial charge on any atom is 0.321 e. The van der Waals surface area contributed by atoms with E-state index in [0.717, 1.165) is 16.7 Å². The summed E-state index contributed by atoms with van der Waals surface area (Å²) in [6, 6.07) is 11.9. The zero-order chi connectivity index (χ0) is 21.6. The Bertz CT molecular complexity index is 983. The summed E-state index contributed by atoms with van der Waals surface area (Å²) < 4.78 is 31.4. The minimum atomic E-state index is -3.83. The fourth-order valence-electron chi connectivity index (χ4n) is 2.67. The Labute approximate surface area is 171 Å².